The van der Waals surface area contributed by atoms with E-state index in [2.05, 4.69) is 10.3 Å². The molecule has 1 aromatic rings. The number of hydrogen-bond acceptors (Lipinski definition) is 3. The summed E-state index contributed by atoms with van der Waals surface area (Å²) in [7, 11) is 0. The van der Waals surface area contributed by atoms with E-state index >= 15 is 0 Å². The zero-order chi connectivity index (χ0) is 9.10. The van der Waals surface area contributed by atoms with Gasteiger partial charge in [-0.1, -0.05) is 6.07 Å². The van der Waals surface area contributed by atoms with Crippen molar-refractivity contribution < 1.29 is 4.74 Å². The van der Waals surface area contributed by atoms with Crippen LogP contribution in [-0.2, 0) is 0 Å². The molecule has 1 aliphatic heterocycles. The van der Waals surface area contributed by atoms with Crippen LogP contribution in [-0.4, -0.2) is 24.2 Å². The first-order chi connectivity index (χ1) is 6.34. The highest BCUT2D eigenvalue weighted by molar-refractivity contribution is 5.16. The van der Waals surface area contributed by atoms with Gasteiger partial charge in [0.1, 0.15) is 6.10 Å². The molecule has 1 fully saturated rings. The number of nitrogens with zero attached hydrogens (tertiary/aromatic N) is 1. The Bertz CT molecular complexity index is 265. The summed E-state index contributed by atoms with van der Waals surface area (Å²) in [6.07, 6.45) is 3.21. The number of pyridine rings is 1. The van der Waals surface area contributed by atoms with E-state index < -0.39 is 0 Å². The van der Waals surface area contributed by atoms with Crippen LogP contribution in [0.25, 0.3) is 0 Å². The van der Waals surface area contributed by atoms with Crippen LogP contribution >= 0.6 is 0 Å². The fraction of sp³-hybridized carbons (Fsp3) is 0.500. The summed E-state index contributed by atoms with van der Waals surface area (Å²) in [5.74, 6) is 0.735. The van der Waals surface area contributed by atoms with Crippen molar-refractivity contribution in [1.29, 1.82) is 0 Å². The molecule has 3 nitrogen and oxygen atoms in total. The second-order valence-electron chi connectivity index (χ2n) is 3.41. The Balaban J connectivity index is 1.97. The zero-order valence-corrected chi connectivity index (χ0v) is 7.79. The highest BCUT2D eigenvalue weighted by atomic mass is 16.5. The number of rotatable bonds is 2. The minimum absolute atomic E-state index is 0.301. The number of aromatic nitrogens is 1. The SMILES string of the molecule is Cc1ccc(O[C@@H]2CCNC2)nc1. The van der Waals surface area contributed by atoms with Crippen LogP contribution in [0.1, 0.15) is 12.0 Å². The first-order valence-corrected chi connectivity index (χ1v) is 4.64. The monoisotopic (exact) mass is 178 g/mol. The first-order valence-electron chi connectivity index (χ1n) is 4.64. The van der Waals surface area contributed by atoms with Gasteiger partial charge in [-0.25, -0.2) is 4.98 Å². The Hall–Kier alpha value is -1.09. The Morgan fingerprint density at radius 2 is 2.46 bits per heavy atom. The maximum atomic E-state index is 5.66. The minimum atomic E-state index is 0.301. The van der Waals surface area contributed by atoms with Gasteiger partial charge in [0.05, 0.1) is 0 Å². The summed E-state index contributed by atoms with van der Waals surface area (Å²) in [4.78, 5) is 4.19. The van der Waals surface area contributed by atoms with E-state index in [0.29, 0.717) is 6.10 Å². The van der Waals surface area contributed by atoms with E-state index in [9.17, 15) is 0 Å². The van der Waals surface area contributed by atoms with Crippen molar-refractivity contribution in [3.63, 3.8) is 0 Å². The predicted octanol–water partition coefficient (Wildman–Crippen LogP) is 1.13. The molecular weight excluding hydrogens is 164 g/mol. The van der Waals surface area contributed by atoms with Crippen LogP contribution in [0.5, 0.6) is 5.88 Å². The molecule has 1 N–H and O–H groups in total. The Labute approximate surface area is 78.1 Å². The Morgan fingerprint density at radius 3 is 3.08 bits per heavy atom. The van der Waals surface area contributed by atoms with Gasteiger partial charge in [0.2, 0.25) is 5.88 Å². The van der Waals surface area contributed by atoms with E-state index in [4.69, 9.17) is 4.74 Å². The summed E-state index contributed by atoms with van der Waals surface area (Å²) >= 11 is 0. The fourth-order valence-corrected chi connectivity index (χ4v) is 1.42. The lowest BCUT2D eigenvalue weighted by molar-refractivity contribution is 0.214. The van der Waals surface area contributed by atoms with Crippen molar-refractivity contribution in [2.45, 2.75) is 19.4 Å². The quantitative estimate of drug-likeness (QED) is 0.737. The molecule has 2 heterocycles. The normalized spacial score (nSPS) is 21.8. The van der Waals surface area contributed by atoms with Crippen LogP contribution < -0.4 is 10.1 Å². The maximum absolute atomic E-state index is 5.66. The fourth-order valence-electron chi connectivity index (χ4n) is 1.42. The average molecular weight is 178 g/mol. The van der Waals surface area contributed by atoms with Gasteiger partial charge in [0, 0.05) is 18.8 Å². The molecule has 70 valence electrons. The van der Waals surface area contributed by atoms with Crippen molar-refractivity contribution in [3.05, 3.63) is 23.9 Å². The lowest BCUT2D eigenvalue weighted by Crippen LogP contribution is -2.19. The average Bonchev–Trinajstić information content (AvgIpc) is 2.62. The molecule has 0 amide bonds. The van der Waals surface area contributed by atoms with E-state index in [-0.39, 0.29) is 0 Å². The largest absolute Gasteiger partial charge is 0.473 e. The molecule has 0 spiro atoms. The molecule has 1 aromatic heterocycles. The van der Waals surface area contributed by atoms with E-state index in [0.717, 1.165) is 31.0 Å². The van der Waals surface area contributed by atoms with Gasteiger partial charge in [-0.3, -0.25) is 0 Å². The molecule has 0 saturated carbocycles. The van der Waals surface area contributed by atoms with Crippen molar-refractivity contribution in [2.75, 3.05) is 13.1 Å². The predicted molar refractivity (Wildman–Crippen MR) is 50.9 cm³/mol. The zero-order valence-electron chi connectivity index (χ0n) is 7.79. The molecule has 0 unspecified atom stereocenters. The van der Waals surface area contributed by atoms with Crippen molar-refractivity contribution in [2.24, 2.45) is 0 Å². The van der Waals surface area contributed by atoms with Crippen LogP contribution in [0.2, 0.25) is 0 Å². The second kappa shape index (κ2) is 3.75. The smallest absolute Gasteiger partial charge is 0.213 e. The molecule has 1 aliphatic rings. The molecule has 0 radical (unpaired) electrons. The van der Waals surface area contributed by atoms with Gasteiger partial charge in [-0.05, 0) is 25.5 Å². The van der Waals surface area contributed by atoms with Crippen molar-refractivity contribution in [1.82, 2.24) is 10.3 Å². The third-order valence-electron chi connectivity index (χ3n) is 2.19. The van der Waals surface area contributed by atoms with Crippen LogP contribution in [0.4, 0.5) is 0 Å². The van der Waals surface area contributed by atoms with Gasteiger partial charge in [-0.2, -0.15) is 0 Å². The molecule has 3 heteroatoms. The molecular formula is C10H14N2O. The second-order valence-corrected chi connectivity index (χ2v) is 3.41. The molecule has 0 bridgehead atoms. The van der Waals surface area contributed by atoms with Gasteiger partial charge < -0.3 is 10.1 Å². The van der Waals surface area contributed by atoms with E-state index in [1.807, 2.05) is 25.3 Å². The Kier molecular flexibility index (Phi) is 2.45. The lowest BCUT2D eigenvalue weighted by Gasteiger charge is -2.10. The van der Waals surface area contributed by atoms with E-state index in [1.54, 1.807) is 0 Å². The van der Waals surface area contributed by atoms with Gasteiger partial charge in [0.15, 0.2) is 0 Å². The maximum Gasteiger partial charge on any atom is 0.213 e. The lowest BCUT2D eigenvalue weighted by atomic mass is 10.3. The number of aryl methyl sites for hydroxylation is 1. The molecule has 0 aliphatic carbocycles. The van der Waals surface area contributed by atoms with Gasteiger partial charge in [-0.15, -0.1) is 0 Å². The van der Waals surface area contributed by atoms with Gasteiger partial charge in [0.25, 0.3) is 0 Å². The summed E-state index contributed by atoms with van der Waals surface area (Å²) in [6.45, 7) is 4.01. The van der Waals surface area contributed by atoms with Crippen LogP contribution in [0.15, 0.2) is 18.3 Å². The van der Waals surface area contributed by atoms with Crippen molar-refractivity contribution >= 4 is 0 Å². The molecule has 1 atom stereocenters. The standard InChI is InChI=1S/C10H14N2O/c1-8-2-3-10(12-6-8)13-9-4-5-11-7-9/h2-3,6,9,11H,4-5,7H2,1H3/t9-/m1/s1. The minimum Gasteiger partial charge on any atom is -0.473 e. The number of nitrogens with one attached hydrogen (secondary N) is 1. The summed E-state index contributed by atoms with van der Waals surface area (Å²) in [6, 6.07) is 3.94. The highest BCUT2D eigenvalue weighted by Gasteiger charge is 2.15. The third kappa shape index (κ3) is 2.18. The number of hydrogen-bond donors (Lipinski definition) is 1. The van der Waals surface area contributed by atoms with Crippen molar-refractivity contribution in [3.8, 4) is 5.88 Å². The van der Waals surface area contributed by atoms with Gasteiger partial charge >= 0.3 is 0 Å². The van der Waals surface area contributed by atoms with E-state index in [1.165, 1.54) is 0 Å². The van der Waals surface area contributed by atoms with Crippen LogP contribution in [0, 0.1) is 6.92 Å². The summed E-state index contributed by atoms with van der Waals surface area (Å²) in [5.41, 5.74) is 1.16. The van der Waals surface area contributed by atoms with Crippen LogP contribution in [0.3, 0.4) is 0 Å². The highest BCUT2D eigenvalue weighted by Crippen LogP contribution is 2.11. The molecule has 2 rings (SSSR count). The summed E-state index contributed by atoms with van der Waals surface area (Å²) < 4.78 is 5.66. The first kappa shape index (κ1) is 8.51. The molecule has 13 heavy (non-hydrogen) atoms. The third-order valence-corrected chi connectivity index (χ3v) is 2.19. The summed E-state index contributed by atoms with van der Waals surface area (Å²) in [5, 5.41) is 3.25. The number of ether oxygens (including phenoxy) is 1. The Morgan fingerprint density at radius 1 is 1.54 bits per heavy atom. The molecule has 0 aromatic carbocycles. The topological polar surface area (TPSA) is 34.1 Å². The molecule has 1 saturated heterocycles.